The second kappa shape index (κ2) is 19.5. The summed E-state index contributed by atoms with van der Waals surface area (Å²) in [5.41, 5.74) is 10.8. The van der Waals surface area contributed by atoms with Crippen LogP contribution >= 0.6 is 0 Å². The summed E-state index contributed by atoms with van der Waals surface area (Å²) in [6, 6.07) is 38.5. The number of rotatable bonds is 20. The lowest BCUT2D eigenvalue weighted by Crippen LogP contribution is -2.61. The Morgan fingerprint density at radius 1 is 0.560 bits per heavy atom. The molecule has 6 rings (SSSR count). The normalized spacial score (nSPS) is 20.7. The largest absolute Gasteiger partial charge is 0.464 e. The molecule has 0 radical (unpaired) electrons. The molecule has 5 atom stereocenters. The summed E-state index contributed by atoms with van der Waals surface area (Å²) in [4.78, 5) is 0. The zero-order chi connectivity index (χ0) is 34.2. The Bertz CT molecular complexity index is 1650. The summed E-state index contributed by atoms with van der Waals surface area (Å²) in [6.45, 7) is 3.13. The number of furan rings is 1. The summed E-state index contributed by atoms with van der Waals surface area (Å²) >= 11 is 0. The van der Waals surface area contributed by atoms with Crippen LogP contribution in [-0.2, 0) is 54.7 Å². The molecule has 1 saturated heterocycles. The molecule has 2 N–H and O–H groups in total. The van der Waals surface area contributed by atoms with E-state index in [9.17, 15) is 0 Å². The van der Waals surface area contributed by atoms with Crippen LogP contribution < -0.4 is 5.73 Å². The summed E-state index contributed by atoms with van der Waals surface area (Å²) in [5, 5.41) is 1.08. The van der Waals surface area contributed by atoms with E-state index in [1.807, 2.05) is 84.9 Å². The van der Waals surface area contributed by atoms with Crippen LogP contribution in [0.15, 0.2) is 126 Å². The molecule has 8 heteroatoms. The number of hydrogen-bond donors (Lipinski definition) is 1. The Morgan fingerprint density at radius 3 is 1.78 bits per heavy atom. The number of unbranched alkanes of at least 4 members (excludes halogenated alkanes) is 2. The molecule has 0 spiro atoms. The van der Waals surface area contributed by atoms with Crippen molar-refractivity contribution in [2.75, 3.05) is 26.4 Å². The van der Waals surface area contributed by atoms with Crippen molar-refractivity contribution >= 4 is 11.0 Å². The van der Waals surface area contributed by atoms with Crippen LogP contribution in [0.5, 0.6) is 0 Å². The molecule has 0 aliphatic carbocycles. The van der Waals surface area contributed by atoms with E-state index < -0.39 is 30.7 Å². The third-order valence-electron chi connectivity index (χ3n) is 8.94. The van der Waals surface area contributed by atoms with Crippen molar-refractivity contribution in [1.82, 2.24) is 0 Å². The van der Waals surface area contributed by atoms with Gasteiger partial charge in [-0.1, -0.05) is 109 Å². The molecule has 1 fully saturated rings. The van der Waals surface area contributed by atoms with E-state index in [-0.39, 0.29) is 0 Å². The summed E-state index contributed by atoms with van der Waals surface area (Å²) < 4.78 is 45.6. The number of ether oxygens (including phenoxy) is 6. The SMILES string of the molecule is NCCCCCOC[C@H]1O[C@@H](OCCc2coc3ccccc23)[C@H](OCc2ccccc2)[C@@H](OCc2ccccc2)[C@@H]1OCc1ccccc1. The maximum absolute atomic E-state index is 6.81. The Hall–Kier alpha value is -3.86. The predicted octanol–water partition coefficient (Wildman–Crippen LogP) is 7.62. The van der Waals surface area contributed by atoms with Gasteiger partial charge in [0.1, 0.15) is 30.0 Å². The molecule has 0 saturated carbocycles. The molecule has 5 aromatic rings. The monoisotopic (exact) mass is 679 g/mol. The molecule has 2 heterocycles. The van der Waals surface area contributed by atoms with Crippen LogP contribution in [0.2, 0.25) is 0 Å². The van der Waals surface area contributed by atoms with Crippen molar-refractivity contribution in [2.24, 2.45) is 5.73 Å². The smallest absolute Gasteiger partial charge is 0.186 e. The zero-order valence-corrected chi connectivity index (χ0v) is 28.6. The van der Waals surface area contributed by atoms with Gasteiger partial charge in [0.25, 0.3) is 0 Å². The first-order chi connectivity index (χ1) is 24.8. The summed E-state index contributed by atoms with van der Waals surface area (Å²) in [7, 11) is 0. The maximum atomic E-state index is 6.81. The van der Waals surface area contributed by atoms with Crippen LogP contribution in [0.1, 0.15) is 41.5 Å². The highest BCUT2D eigenvalue weighted by Crippen LogP contribution is 2.32. The number of hydrogen-bond acceptors (Lipinski definition) is 8. The summed E-state index contributed by atoms with van der Waals surface area (Å²) in [5.74, 6) is 0. The van der Waals surface area contributed by atoms with Gasteiger partial charge in [-0.05, 0) is 55.0 Å². The fourth-order valence-corrected chi connectivity index (χ4v) is 6.25. The van der Waals surface area contributed by atoms with Crippen molar-refractivity contribution in [3.05, 3.63) is 144 Å². The van der Waals surface area contributed by atoms with Crippen LogP contribution in [0.3, 0.4) is 0 Å². The Balaban J connectivity index is 1.26. The number of nitrogens with two attached hydrogens (primary N) is 1. The predicted molar refractivity (Wildman–Crippen MR) is 193 cm³/mol. The fraction of sp³-hybridized carbons (Fsp3) is 0.381. The molecule has 0 unspecified atom stereocenters. The lowest BCUT2D eigenvalue weighted by molar-refractivity contribution is -0.328. The minimum atomic E-state index is -0.736. The molecule has 264 valence electrons. The van der Waals surface area contributed by atoms with Crippen molar-refractivity contribution in [3.63, 3.8) is 0 Å². The third-order valence-corrected chi connectivity index (χ3v) is 8.94. The average Bonchev–Trinajstić information content (AvgIpc) is 3.58. The molecule has 4 aromatic carbocycles. The number of fused-ring (bicyclic) bond motifs is 1. The van der Waals surface area contributed by atoms with Crippen molar-refractivity contribution in [1.29, 1.82) is 0 Å². The lowest BCUT2D eigenvalue weighted by atomic mass is 9.97. The van der Waals surface area contributed by atoms with Crippen molar-refractivity contribution in [2.45, 2.75) is 76.2 Å². The molecule has 8 nitrogen and oxygen atoms in total. The Labute approximate surface area is 295 Å². The van der Waals surface area contributed by atoms with Gasteiger partial charge in [-0.3, -0.25) is 0 Å². The maximum Gasteiger partial charge on any atom is 0.186 e. The third kappa shape index (κ3) is 10.3. The highest BCUT2D eigenvalue weighted by molar-refractivity contribution is 5.80. The highest BCUT2D eigenvalue weighted by atomic mass is 16.7. The molecule has 1 aromatic heterocycles. The van der Waals surface area contributed by atoms with Crippen LogP contribution in [0.25, 0.3) is 11.0 Å². The number of benzene rings is 4. The molecule has 1 aliphatic rings. The van der Waals surface area contributed by atoms with Gasteiger partial charge in [0.15, 0.2) is 6.29 Å². The zero-order valence-electron chi connectivity index (χ0n) is 28.6. The van der Waals surface area contributed by atoms with Crippen molar-refractivity contribution in [3.8, 4) is 0 Å². The first kappa shape index (κ1) is 35.9. The first-order valence-corrected chi connectivity index (χ1v) is 17.7. The number of para-hydroxylation sites is 1. The first-order valence-electron chi connectivity index (χ1n) is 17.7. The Morgan fingerprint density at radius 2 is 1.14 bits per heavy atom. The molecular formula is C42H49NO7. The minimum Gasteiger partial charge on any atom is -0.464 e. The van der Waals surface area contributed by atoms with Crippen LogP contribution in [0, 0.1) is 0 Å². The van der Waals surface area contributed by atoms with Gasteiger partial charge in [-0.2, -0.15) is 0 Å². The molecule has 0 bridgehead atoms. The van der Waals surface area contributed by atoms with Gasteiger partial charge >= 0.3 is 0 Å². The van der Waals surface area contributed by atoms with Crippen LogP contribution in [0.4, 0.5) is 0 Å². The van der Waals surface area contributed by atoms with Crippen molar-refractivity contribution < 1.29 is 32.8 Å². The van der Waals surface area contributed by atoms with E-state index >= 15 is 0 Å². The van der Waals surface area contributed by atoms with E-state index in [1.165, 1.54) is 0 Å². The van der Waals surface area contributed by atoms with Crippen LogP contribution in [-0.4, -0.2) is 57.1 Å². The second-order valence-electron chi connectivity index (χ2n) is 12.6. The van der Waals surface area contributed by atoms with E-state index in [1.54, 1.807) is 6.26 Å². The molecule has 0 amide bonds. The standard InChI is InChI=1S/C42H49NO7/c43-24-13-4-14-25-44-31-38-39(47-27-32-15-5-1-6-16-32)40(48-28-33-17-7-2-8-18-33)41(49-29-34-19-9-3-10-20-34)42(50-38)45-26-23-35-30-46-37-22-12-11-21-36(35)37/h1-3,5-12,15-22,30,38-42H,4,13-14,23-29,31,43H2/t38-,39-,40+,41-,42-/m1/s1. The average molecular weight is 680 g/mol. The van der Waals surface area contributed by atoms with E-state index in [2.05, 4.69) is 30.3 Å². The molecular weight excluding hydrogens is 630 g/mol. The lowest BCUT2D eigenvalue weighted by Gasteiger charge is -2.46. The second-order valence-corrected chi connectivity index (χ2v) is 12.6. The van der Waals surface area contributed by atoms with Gasteiger partial charge in [-0.15, -0.1) is 0 Å². The van der Waals surface area contributed by atoms with E-state index in [4.69, 9.17) is 38.6 Å². The van der Waals surface area contributed by atoms with Gasteiger partial charge in [0, 0.05) is 17.6 Å². The molecule has 1 aliphatic heterocycles. The Kier molecular flexibility index (Phi) is 14.0. The molecule has 50 heavy (non-hydrogen) atoms. The topological polar surface area (TPSA) is 94.5 Å². The fourth-order valence-electron chi connectivity index (χ4n) is 6.25. The van der Waals surface area contributed by atoms with Gasteiger partial charge in [-0.25, -0.2) is 0 Å². The quantitative estimate of drug-likeness (QED) is 0.0840. The van der Waals surface area contributed by atoms with E-state index in [0.717, 1.165) is 52.5 Å². The van der Waals surface area contributed by atoms with Gasteiger partial charge in [0.05, 0.1) is 39.3 Å². The summed E-state index contributed by atoms with van der Waals surface area (Å²) in [6.07, 6.45) is 2.55. The van der Waals surface area contributed by atoms with Gasteiger partial charge < -0.3 is 38.6 Å². The minimum absolute atomic E-state index is 0.324. The highest BCUT2D eigenvalue weighted by Gasteiger charge is 2.49. The van der Waals surface area contributed by atoms with Gasteiger partial charge in [0.2, 0.25) is 0 Å². The van der Waals surface area contributed by atoms with E-state index in [0.29, 0.717) is 52.6 Å².